The molecule has 2 amide bonds. The van der Waals surface area contributed by atoms with Gasteiger partial charge in [-0.1, -0.05) is 17.7 Å². The first kappa shape index (κ1) is 17.5. The number of nitrogens with one attached hydrogen (secondary N) is 1. The summed E-state index contributed by atoms with van der Waals surface area (Å²) in [4.78, 5) is 38.8. The highest BCUT2D eigenvalue weighted by molar-refractivity contribution is 6.08. The van der Waals surface area contributed by atoms with Crippen molar-refractivity contribution in [1.29, 1.82) is 0 Å². The molecule has 1 atom stereocenters. The van der Waals surface area contributed by atoms with Crippen molar-refractivity contribution in [3.8, 4) is 0 Å². The Balaban J connectivity index is 1.75. The highest BCUT2D eigenvalue weighted by Crippen LogP contribution is 2.47. The number of amides is 2. The second kappa shape index (κ2) is 6.17. The van der Waals surface area contributed by atoms with Crippen LogP contribution in [0.3, 0.4) is 0 Å². The molecule has 0 bridgehead atoms. The summed E-state index contributed by atoms with van der Waals surface area (Å²) < 4.78 is 4.73. The fraction of sp³-hybridized carbons (Fsp3) is 0.526. The second-order valence-electron chi connectivity index (χ2n) is 7.13. The smallest absolute Gasteiger partial charge is 0.321 e. The Bertz CT molecular complexity index is 729. The van der Waals surface area contributed by atoms with Gasteiger partial charge in [-0.15, -0.1) is 0 Å². The molecule has 1 saturated heterocycles. The largest absolute Gasteiger partial charge is 0.468 e. The Morgan fingerprint density at radius 3 is 2.32 bits per heavy atom. The van der Waals surface area contributed by atoms with Crippen molar-refractivity contribution in [2.45, 2.75) is 46.1 Å². The van der Waals surface area contributed by atoms with Gasteiger partial charge in [0.05, 0.1) is 7.11 Å². The van der Waals surface area contributed by atoms with E-state index in [4.69, 9.17) is 4.74 Å². The van der Waals surface area contributed by atoms with Gasteiger partial charge in [-0.05, 0) is 51.2 Å². The second-order valence-corrected chi connectivity index (χ2v) is 7.13. The normalized spacial score (nSPS) is 21.2. The molecular weight excluding hydrogens is 320 g/mol. The number of rotatable bonds is 4. The highest BCUT2D eigenvalue weighted by Gasteiger charge is 2.58. The summed E-state index contributed by atoms with van der Waals surface area (Å²) in [6.07, 6.45) is 1.49. The van der Waals surface area contributed by atoms with Gasteiger partial charge >= 0.3 is 5.97 Å². The molecule has 3 rings (SSSR count). The molecule has 1 saturated carbocycles. The maximum Gasteiger partial charge on any atom is 0.321 e. The number of carbonyl (C=O) groups excluding carboxylic acids is 3. The number of nitrogens with zero attached hydrogens (tertiary/aromatic N) is 1. The van der Waals surface area contributed by atoms with E-state index in [1.54, 1.807) is 4.90 Å². The molecule has 6 heteroatoms. The van der Waals surface area contributed by atoms with Crippen molar-refractivity contribution in [1.82, 2.24) is 5.32 Å². The Hall–Kier alpha value is -2.37. The van der Waals surface area contributed by atoms with Gasteiger partial charge in [0.2, 0.25) is 11.8 Å². The fourth-order valence-electron chi connectivity index (χ4n) is 3.77. The molecule has 0 spiro atoms. The maximum atomic E-state index is 12.8. The van der Waals surface area contributed by atoms with Crippen molar-refractivity contribution >= 4 is 23.5 Å². The minimum Gasteiger partial charge on any atom is -0.468 e. The first-order valence-electron chi connectivity index (χ1n) is 8.59. The van der Waals surface area contributed by atoms with Crippen molar-refractivity contribution in [3.63, 3.8) is 0 Å². The first-order chi connectivity index (χ1) is 11.8. The van der Waals surface area contributed by atoms with E-state index in [-0.39, 0.29) is 5.91 Å². The highest BCUT2D eigenvalue weighted by atomic mass is 16.5. The van der Waals surface area contributed by atoms with Crippen molar-refractivity contribution in [3.05, 3.63) is 28.8 Å². The van der Waals surface area contributed by atoms with Crippen LogP contribution in [0.1, 0.15) is 36.0 Å². The van der Waals surface area contributed by atoms with E-state index in [0.717, 1.165) is 22.4 Å². The van der Waals surface area contributed by atoms with Crippen LogP contribution >= 0.6 is 0 Å². The quantitative estimate of drug-likeness (QED) is 0.667. The number of hydrogen-bond donors (Lipinski definition) is 1. The van der Waals surface area contributed by atoms with Crippen molar-refractivity contribution in [2.24, 2.45) is 5.41 Å². The Morgan fingerprint density at radius 1 is 1.20 bits per heavy atom. The number of aryl methyl sites for hydroxylation is 3. The molecule has 0 unspecified atom stereocenters. The maximum absolute atomic E-state index is 12.8. The number of ether oxygens (including phenoxy) is 1. The molecule has 2 fully saturated rings. The fourth-order valence-corrected chi connectivity index (χ4v) is 3.77. The Labute approximate surface area is 147 Å². The van der Waals surface area contributed by atoms with Crippen LogP contribution in [-0.4, -0.2) is 37.5 Å². The van der Waals surface area contributed by atoms with Gasteiger partial charge in [-0.2, -0.15) is 0 Å². The van der Waals surface area contributed by atoms with Crippen molar-refractivity contribution in [2.75, 3.05) is 18.6 Å². The molecule has 134 valence electrons. The average molecular weight is 344 g/mol. The topological polar surface area (TPSA) is 75.7 Å². The van der Waals surface area contributed by atoms with E-state index >= 15 is 0 Å². The lowest BCUT2D eigenvalue weighted by molar-refractivity contribution is -0.152. The zero-order valence-corrected chi connectivity index (χ0v) is 15.1. The molecule has 1 aliphatic carbocycles. The van der Waals surface area contributed by atoms with E-state index in [1.807, 2.05) is 20.8 Å². The number of hydrogen-bond acceptors (Lipinski definition) is 4. The third-order valence-corrected chi connectivity index (χ3v) is 5.18. The SMILES string of the molecule is COC(=O)C1(C(=O)N[C@H]2CCN(c3c(C)cc(C)cc3C)C2=O)CC1. The molecule has 25 heavy (non-hydrogen) atoms. The van der Waals surface area contributed by atoms with Gasteiger partial charge in [0.1, 0.15) is 11.5 Å². The van der Waals surface area contributed by atoms with Gasteiger partial charge in [-0.25, -0.2) is 0 Å². The molecule has 1 aromatic rings. The molecule has 1 heterocycles. The summed E-state index contributed by atoms with van der Waals surface area (Å²) in [6, 6.07) is 3.52. The third-order valence-electron chi connectivity index (χ3n) is 5.18. The minimum atomic E-state index is -1.09. The monoisotopic (exact) mass is 344 g/mol. The van der Waals surface area contributed by atoms with Crippen LogP contribution in [0.5, 0.6) is 0 Å². The Kier molecular flexibility index (Phi) is 4.31. The molecule has 1 aliphatic heterocycles. The molecule has 1 aromatic carbocycles. The lowest BCUT2D eigenvalue weighted by atomic mass is 10.0. The van der Waals surface area contributed by atoms with Crippen molar-refractivity contribution < 1.29 is 19.1 Å². The summed E-state index contributed by atoms with van der Waals surface area (Å²) in [5.41, 5.74) is 3.08. The van der Waals surface area contributed by atoms with E-state index < -0.39 is 23.3 Å². The predicted octanol–water partition coefficient (Wildman–Crippen LogP) is 1.79. The summed E-state index contributed by atoms with van der Waals surface area (Å²) in [5, 5.41) is 2.77. The molecule has 6 nitrogen and oxygen atoms in total. The third kappa shape index (κ3) is 2.90. The zero-order valence-electron chi connectivity index (χ0n) is 15.1. The first-order valence-corrected chi connectivity index (χ1v) is 8.59. The van der Waals surface area contributed by atoms with Gasteiger partial charge in [-0.3, -0.25) is 14.4 Å². The number of anilines is 1. The van der Waals surface area contributed by atoms with Crippen LogP contribution in [0.25, 0.3) is 0 Å². The number of methoxy groups -OCH3 is 1. The summed E-state index contributed by atoms with van der Waals surface area (Å²) in [5.74, 6) is -1.03. The molecule has 0 radical (unpaired) electrons. The van der Waals surface area contributed by atoms with Crippen LogP contribution in [0.2, 0.25) is 0 Å². The van der Waals surface area contributed by atoms with E-state index in [9.17, 15) is 14.4 Å². The lowest BCUT2D eigenvalue weighted by Crippen LogP contribution is -2.47. The molecule has 2 aliphatic rings. The van der Waals surface area contributed by atoms with Gasteiger partial charge in [0.15, 0.2) is 0 Å². The van der Waals surface area contributed by atoms with Gasteiger partial charge in [0, 0.05) is 12.2 Å². The predicted molar refractivity (Wildman–Crippen MR) is 93.2 cm³/mol. The van der Waals surface area contributed by atoms with Gasteiger partial charge in [0.25, 0.3) is 0 Å². The summed E-state index contributed by atoms with van der Waals surface area (Å²) >= 11 is 0. The van der Waals surface area contributed by atoms with E-state index in [0.29, 0.717) is 25.8 Å². The van der Waals surface area contributed by atoms with Crippen LogP contribution in [-0.2, 0) is 19.1 Å². The van der Waals surface area contributed by atoms with Gasteiger partial charge < -0.3 is 15.0 Å². The summed E-state index contributed by atoms with van der Waals surface area (Å²) in [6.45, 7) is 6.57. The van der Waals surface area contributed by atoms with Crippen LogP contribution in [0, 0.1) is 26.2 Å². The number of benzene rings is 1. The number of esters is 1. The standard InChI is InChI=1S/C19H24N2O4/c1-11-9-12(2)15(13(3)10-11)21-8-5-14(16(21)22)20-17(23)19(6-7-19)18(24)25-4/h9-10,14H,5-8H2,1-4H3,(H,20,23)/t14-/m0/s1. The van der Waals surface area contributed by atoms with E-state index in [1.165, 1.54) is 7.11 Å². The molecule has 0 aromatic heterocycles. The minimum absolute atomic E-state index is 0.121. The van der Waals surface area contributed by atoms with Crippen LogP contribution in [0.4, 0.5) is 5.69 Å². The van der Waals surface area contributed by atoms with Crippen LogP contribution in [0.15, 0.2) is 12.1 Å². The average Bonchev–Trinajstić information content (AvgIpc) is 3.29. The lowest BCUT2D eigenvalue weighted by Gasteiger charge is -2.23. The number of carbonyl (C=O) groups is 3. The Morgan fingerprint density at radius 2 is 1.80 bits per heavy atom. The summed E-state index contributed by atoms with van der Waals surface area (Å²) in [7, 11) is 1.28. The zero-order chi connectivity index (χ0) is 18.4. The van der Waals surface area contributed by atoms with Crippen LogP contribution < -0.4 is 10.2 Å². The molecular formula is C19H24N2O4. The van der Waals surface area contributed by atoms with E-state index in [2.05, 4.69) is 17.4 Å². The molecule has 1 N–H and O–H groups in total.